The first-order valence-corrected chi connectivity index (χ1v) is 9.04. The smallest absolute Gasteiger partial charge is 0.288 e. The highest BCUT2D eigenvalue weighted by Gasteiger charge is 2.29. The highest BCUT2D eigenvalue weighted by atomic mass is 32.2. The topological polar surface area (TPSA) is 32.3 Å². The van der Waals surface area contributed by atoms with Crippen LogP contribution in [0.25, 0.3) is 0 Å². The third-order valence-electron chi connectivity index (χ3n) is 4.44. The average molecular weight is 340 g/mol. The molecule has 0 radical (unpaired) electrons. The van der Waals surface area contributed by atoms with Gasteiger partial charge in [-0.2, -0.15) is 8.78 Å². The van der Waals surface area contributed by atoms with Gasteiger partial charge in [0.15, 0.2) is 0 Å². The van der Waals surface area contributed by atoms with Crippen molar-refractivity contribution in [1.82, 2.24) is 10.2 Å². The standard InChI is InChI=1S/C17H22F2N2OS/c18-17(19)23-15-5-1-12(2-6-15)11-21-9-7-13(8-10-21)16(22)20-14-3-4-14/h1-2,5-6,13-14,17H,3-4,7-11H2,(H,20,22). The van der Waals surface area contributed by atoms with E-state index in [0.717, 1.165) is 50.9 Å². The number of piperidine rings is 1. The van der Waals surface area contributed by atoms with E-state index in [0.29, 0.717) is 22.7 Å². The minimum absolute atomic E-state index is 0.150. The highest BCUT2D eigenvalue weighted by molar-refractivity contribution is 7.99. The second-order valence-corrected chi connectivity index (χ2v) is 7.42. The molecule has 1 aliphatic heterocycles. The van der Waals surface area contributed by atoms with Gasteiger partial charge in [0.05, 0.1) is 0 Å². The number of nitrogens with one attached hydrogen (secondary N) is 1. The number of hydrogen-bond donors (Lipinski definition) is 1. The van der Waals surface area contributed by atoms with Crippen molar-refractivity contribution in [3.8, 4) is 0 Å². The Hall–Kier alpha value is -1.14. The van der Waals surface area contributed by atoms with Crippen LogP contribution in [-0.2, 0) is 11.3 Å². The minimum Gasteiger partial charge on any atom is -0.353 e. The van der Waals surface area contributed by atoms with Gasteiger partial charge in [0.2, 0.25) is 5.91 Å². The lowest BCUT2D eigenvalue weighted by Crippen LogP contribution is -2.40. The molecule has 6 heteroatoms. The molecule has 2 fully saturated rings. The first kappa shape index (κ1) is 16.7. The third kappa shape index (κ3) is 5.18. The van der Waals surface area contributed by atoms with Crippen LogP contribution in [0, 0.1) is 5.92 Å². The Kier molecular flexibility index (Phi) is 5.54. The molecule has 0 bridgehead atoms. The summed E-state index contributed by atoms with van der Waals surface area (Å²) in [6, 6.07) is 7.77. The van der Waals surface area contributed by atoms with E-state index in [1.165, 1.54) is 0 Å². The monoisotopic (exact) mass is 340 g/mol. The molecule has 3 rings (SSSR count). The Labute approximate surface area is 139 Å². The maximum Gasteiger partial charge on any atom is 0.288 e. The van der Waals surface area contributed by atoms with E-state index in [1.807, 2.05) is 12.1 Å². The molecule has 1 saturated heterocycles. The van der Waals surface area contributed by atoms with Crippen LogP contribution < -0.4 is 5.32 Å². The lowest BCUT2D eigenvalue weighted by atomic mass is 9.95. The number of carbonyl (C=O) groups excluding carboxylic acids is 1. The van der Waals surface area contributed by atoms with Crippen molar-refractivity contribution in [3.05, 3.63) is 29.8 Å². The van der Waals surface area contributed by atoms with Gasteiger partial charge in [0, 0.05) is 23.4 Å². The number of amides is 1. The molecule has 1 aliphatic carbocycles. The predicted octanol–water partition coefficient (Wildman–Crippen LogP) is 3.49. The van der Waals surface area contributed by atoms with Crippen molar-refractivity contribution in [2.75, 3.05) is 13.1 Å². The van der Waals surface area contributed by atoms with Crippen LogP contribution in [-0.4, -0.2) is 35.7 Å². The lowest BCUT2D eigenvalue weighted by Gasteiger charge is -2.31. The van der Waals surface area contributed by atoms with Crippen LogP contribution in [0.1, 0.15) is 31.2 Å². The van der Waals surface area contributed by atoms with Gasteiger partial charge < -0.3 is 5.32 Å². The molecule has 0 atom stereocenters. The van der Waals surface area contributed by atoms with Crippen molar-refractivity contribution >= 4 is 17.7 Å². The molecule has 2 aliphatic rings. The summed E-state index contributed by atoms with van der Waals surface area (Å²) < 4.78 is 24.6. The fraction of sp³-hybridized carbons (Fsp3) is 0.588. The lowest BCUT2D eigenvalue weighted by molar-refractivity contribution is -0.126. The van der Waals surface area contributed by atoms with E-state index in [-0.39, 0.29) is 11.8 Å². The van der Waals surface area contributed by atoms with Crippen LogP contribution in [0.2, 0.25) is 0 Å². The molecule has 126 valence electrons. The van der Waals surface area contributed by atoms with E-state index in [4.69, 9.17) is 0 Å². The van der Waals surface area contributed by atoms with Crippen molar-refractivity contribution in [2.24, 2.45) is 5.92 Å². The summed E-state index contributed by atoms with van der Waals surface area (Å²) in [6.07, 6.45) is 4.06. The Morgan fingerprint density at radius 3 is 2.39 bits per heavy atom. The van der Waals surface area contributed by atoms with E-state index in [2.05, 4.69) is 10.2 Å². The zero-order valence-electron chi connectivity index (χ0n) is 13.0. The number of rotatable bonds is 6. The minimum atomic E-state index is -2.37. The molecule has 0 spiro atoms. The summed E-state index contributed by atoms with van der Waals surface area (Å²) >= 11 is 0.575. The second kappa shape index (κ2) is 7.62. The molecular formula is C17H22F2N2OS. The zero-order chi connectivity index (χ0) is 16.2. The summed E-state index contributed by atoms with van der Waals surface area (Å²) in [4.78, 5) is 15.0. The fourth-order valence-electron chi connectivity index (χ4n) is 2.93. The van der Waals surface area contributed by atoms with Gasteiger partial charge in [-0.1, -0.05) is 23.9 Å². The number of nitrogens with zero attached hydrogens (tertiary/aromatic N) is 1. The van der Waals surface area contributed by atoms with Gasteiger partial charge in [-0.05, 0) is 56.5 Å². The third-order valence-corrected chi connectivity index (χ3v) is 5.16. The molecule has 1 heterocycles. The van der Waals surface area contributed by atoms with Gasteiger partial charge in [-0.25, -0.2) is 0 Å². The second-order valence-electron chi connectivity index (χ2n) is 6.36. The summed E-state index contributed by atoms with van der Waals surface area (Å²) in [5.74, 6) is -2.00. The quantitative estimate of drug-likeness (QED) is 0.805. The predicted molar refractivity (Wildman–Crippen MR) is 87.5 cm³/mol. The maximum absolute atomic E-state index is 12.3. The summed E-state index contributed by atoms with van der Waals surface area (Å²) in [6.45, 7) is 2.64. The first-order valence-electron chi connectivity index (χ1n) is 8.16. The molecular weight excluding hydrogens is 318 g/mol. The normalized spacial score (nSPS) is 20.0. The van der Waals surface area contributed by atoms with E-state index >= 15 is 0 Å². The first-order chi connectivity index (χ1) is 11.1. The number of carbonyl (C=O) groups is 1. The maximum atomic E-state index is 12.3. The highest BCUT2D eigenvalue weighted by Crippen LogP contribution is 2.26. The number of thioether (sulfide) groups is 1. The molecule has 0 unspecified atom stereocenters. The van der Waals surface area contributed by atoms with Crippen molar-refractivity contribution in [3.63, 3.8) is 0 Å². The molecule has 1 aromatic carbocycles. The van der Waals surface area contributed by atoms with Crippen molar-refractivity contribution in [2.45, 2.75) is 48.9 Å². The summed E-state index contributed by atoms with van der Waals surface area (Å²) in [5, 5.41) is 3.09. The van der Waals surface area contributed by atoms with Gasteiger partial charge in [-0.3, -0.25) is 9.69 Å². The molecule has 1 N–H and O–H groups in total. The largest absolute Gasteiger partial charge is 0.353 e. The Bertz CT molecular complexity index is 526. The van der Waals surface area contributed by atoms with Gasteiger partial charge in [0.25, 0.3) is 5.76 Å². The average Bonchev–Trinajstić information content (AvgIpc) is 3.33. The Balaban J connectivity index is 1.43. The number of halogens is 2. The fourth-order valence-corrected chi connectivity index (χ4v) is 3.43. The van der Waals surface area contributed by atoms with Crippen LogP contribution in [0.5, 0.6) is 0 Å². The van der Waals surface area contributed by atoms with Crippen LogP contribution in [0.4, 0.5) is 8.78 Å². The van der Waals surface area contributed by atoms with Gasteiger partial charge in [0.1, 0.15) is 0 Å². The van der Waals surface area contributed by atoms with E-state index < -0.39 is 5.76 Å². The van der Waals surface area contributed by atoms with Crippen LogP contribution >= 0.6 is 11.8 Å². The molecule has 1 amide bonds. The Morgan fingerprint density at radius 2 is 1.83 bits per heavy atom. The molecule has 1 saturated carbocycles. The van der Waals surface area contributed by atoms with Gasteiger partial charge in [-0.15, -0.1) is 0 Å². The number of alkyl halides is 2. The number of likely N-dealkylation sites (tertiary alicyclic amines) is 1. The van der Waals surface area contributed by atoms with Crippen molar-refractivity contribution < 1.29 is 13.6 Å². The number of benzene rings is 1. The van der Waals surface area contributed by atoms with Crippen LogP contribution in [0.3, 0.4) is 0 Å². The SMILES string of the molecule is O=C(NC1CC1)C1CCN(Cc2ccc(SC(F)F)cc2)CC1. The summed E-state index contributed by atoms with van der Waals surface area (Å²) in [7, 11) is 0. The van der Waals surface area contributed by atoms with E-state index in [1.54, 1.807) is 12.1 Å². The number of hydrogen-bond acceptors (Lipinski definition) is 3. The van der Waals surface area contributed by atoms with E-state index in [9.17, 15) is 13.6 Å². The van der Waals surface area contributed by atoms with Crippen LogP contribution in [0.15, 0.2) is 29.2 Å². The van der Waals surface area contributed by atoms with Gasteiger partial charge >= 0.3 is 0 Å². The molecule has 0 aromatic heterocycles. The zero-order valence-corrected chi connectivity index (χ0v) is 13.8. The van der Waals surface area contributed by atoms with Crippen molar-refractivity contribution in [1.29, 1.82) is 0 Å². The summed E-state index contributed by atoms with van der Waals surface area (Å²) in [5.41, 5.74) is 1.13. The Morgan fingerprint density at radius 1 is 1.17 bits per heavy atom. The molecule has 1 aromatic rings. The molecule has 3 nitrogen and oxygen atoms in total. The molecule has 23 heavy (non-hydrogen) atoms.